The van der Waals surface area contributed by atoms with Gasteiger partial charge in [-0.2, -0.15) is 0 Å². The molecule has 0 spiro atoms. The topological polar surface area (TPSA) is 70.7 Å². The normalized spacial score (nSPS) is 13.7. The number of rotatable bonds is 5. The van der Waals surface area contributed by atoms with Crippen LogP contribution < -0.4 is 15.5 Å². The summed E-state index contributed by atoms with van der Waals surface area (Å²) in [5.41, 5.74) is 3.01. The van der Waals surface area contributed by atoms with Crippen molar-refractivity contribution in [1.82, 2.24) is 5.32 Å². The van der Waals surface area contributed by atoms with Gasteiger partial charge in [0.05, 0.1) is 6.61 Å². The van der Waals surface area contributed by atoms with E-state index in [9.17, 15) is 9.59 Å². The second kappa shape index (κ2) is 7.14. The van der Waals surface area contributed by atoms with Crippen LogP contribution in [0.2, 0.25) is 0 Å². The third-order valence-corrected chi connectivity index (χ3v) is 3.79. The van der Waals surface area contributed by atoms with Crippen LogP contribution in [0.25, 0.3) is 0 Å². The molecule has 124 valence electrons. The minimum atomic E-state index is -0.181. The van der Waals surface area contributed by atoms with Gasteiger partial charge in [-0.25, -0.2) is 4.79 Å². The van der Waals surface area contributed by atoms with E-state index in [1.165, 1.54) is 0 Å². The molecule has 6 nitrogen and oxygen atoms in total. The zero-order valence-electron chi connectivity index (χ0n) is 13.4. The van der Waals surface area contributed by atoms with Crippen LogP contribution in [-0.2, 0) is 11.3 Å². The predicted molar refractivity (Wildman–Crippen MR) is 92.3 cm³/mol. The first-order chi connectivity index (χ1) is 11.7. The molecule has 1 saturated heterocycles. The van der Waals surface area contributed by atoms with Gasteiger partial charge < -0.3 is 15.4 Å². The van der Waals surface area contributed by atoms with Gasteiger partial charge in [0, 0.05) is 37.1 Å². The van der Waals surface area contributed by atoms with Crippen LogP contribution in [0.1, 0.15) is 15.9 Å². The van der Waals surface area contributed by atoms with Gasteiger partial charge in [-0.15, -0.1) is 0 Å². The summed E-state index contributed by atoms with van der Waals surface area (Å²) in [5, 5.41) is 5.62. The van der Waals surface area contributed by atoms with E-state index in [2.05, 4.69) is 10.6 Å². The lowest BCUT2D eigenvalue weighted by molar-refractivity contribution is 0.102. The fourth-order valence-electron chi connectivity index (χ4n) is 2.61. The van der Waals surface area contributed by atoms with Crippen LogP contribution in [0.3, 0.4) is 0 Å². The Labute approximate surface area is 140 Å². The summed E-state index contributed by atoms with van der Waals surface area (Å²) in [6.45, 7) is 1.76. The maximum Gasteiger partial charge on any atom is 0.321 e. The largest absolute Gasteiger partial charge is 0.380 e. The first-order valence-electron chi connectivity index (χ1n) is 7.72. The second-order valence-corrected chi connectivity index (χ2v) is 5.52. The number of hydrogen-bond donors (Lipinski definition) is 2. The molecule has 1 heterocycles. The zero-order chi connectivity index (χ0) is 16.9. The van der Waals surface area contributed by atoms with Gasteiger partial charge in [0.25, 0.3) is 5.91 Å². The number of carbonyl (C=O) groups is 2. The van der Waals surface area contributed by atoms with Crippen molar-refractivity contribution in [3.63, 3.8) is 0 Å². The van der Waals surface area contributed by atoms with Crippen LogP contribution in [0.4, 0.5) is 16.2 Å². The Balaban J connectivity index is 1.68. The number of urea groups is 1. The number of hydrogen-bond acceptors (Lipinski definition) is 3. The third kappa shape index (κ3) is 3.55. The summed E-state index contributed by atoms with van der Waals surface area (Å²) in [4.78, 5) is 25.6. The summed E-state index contributed by atoms with van der Waals surface area (Å²) in [6.07, 6.45) is 0. The minimum absolute atomic E-state index is 0.0956. The van der Waals surface area contributed by atoms with E-state index in [-0.39, 0.29) is 11.9 Å². The Kier molecular flexibility index (Phi) is 4.77. The highest BCUT2D eigenvalue weighted by atomic mass is 16.5. The Bertz CT molecular complexity index is 743. The van der Waals surface area contributed by atoms with Crippen LogP contribution in [0.5, 0.6) is 0 Å². The summed E-state index contributed by atoms with van der Waals surface area (Å²) >= 11 is 0. The molecule has 0 unspecified atom stereocenters. The quantitative estimate of drug-likeness (QED) is 0.888. The van der Waals surface area contributed by atoms with Crippen molar-refractivity contribution in [2.45, 2.75) is 6.61 Å². The molecule has 0 atom stereocenters. The van der Waals surface area contributed by atoms with Gasteiger partial charge >= 0.3 is 6.03 Å². The Morgan fingerprint density at radius 3 is 2.71 bits per heavy atom. The summed E-state index contributed by atoms with van der Waals surface area (Å²) in [5.74, 6) is -0.181. The standard InChI is InChI=1S/C18H19N3O3/c1-24-12-13-3-2-4-14(11-13)17(22)20-15-5-7-16(8-6-15)21-10-9-19-18(21)23/h2-8,11H,9-10,12H2,1H3,(H,19,23)(H,20,22). The maximum absolute atomic E-state index is 12.3. The fourth-order valence-corrected chi connectivity index (χ4v) is 2.61. The average Bonchev–Trinajstić information content (AvgIpc) is 3.02. The molecule has 0 radical (unpaired) electrons. The number of methoxy groups -OCH3 is 1. The molecular weight excluding hydrogens is 306 g/mol. The molecule has 3 amide bonds. The number of nitrogens with one attached hydrogen (secondary N) is 2. The molecule has 0 bridgehead atoms. The molecular formula is C18H19N3O3. The first-order valence-corrected chi connectivity index (χ1v) is 7.72. The van der Waals surface area contributed by atoms with Crippen molar-refractivity contribution >= 4 is 23.3 Å². The summed E-state index contributed by atoms with van der Waals surface area (Å²) < 4.78 is 5.08. The highest BCUT2D eigenvalue weighted by molar-refractivity contribution is 6.04. The fraction of sp³-hybridized carbons (Fsp3) is 0.222. The molecule has 1 fully saturated rings. The van der Waals surface area contributed by atoms with Crippen molar-refractivity contribution in [2.75, 3.05) is 30.4 Å². The van der Waals surface area contributed by atoms with Crippen LogP contribution in [-0.4, -0.2) is 32.1 Å². The molecule has 2 aromatic carbocycles. The van der Waals surface area contributed by atoms with Crippen molar-refractivity contribution in [3.8, 4) is 0 Å². The van der Waals surface area contributed by atoms with E-state index in [0.717, 1.165) is 11.3 Å². The lowest BCUT2D eigenvalue weighted by atomic mass is 10.1. The molecule has 0 aliphatic carbocycles. The van der Waals surface area contributed by atoms with Crippen LogP contribution in [0, 0.1) is 0 Å². The summed E-state index contributed by atoms with van der Waals surface area (Å²) in [6, 6.07) is 14.4. The molecule has 2 N–H and O–H groups in total. The van der Waals surface area contributed by atoms with Crippen molar-refractivity contribution < 1.29 is 14.3 Å². The second-order valence-electron chi connectivity index (χ2n) is 5.52. The predicted octanol–water partition coefficient (Wildman–Crippen LogP) is 2.61. The van der Waals surface area contributed by atoms with E-state index in [1.807, 2.05) is 30.3 Å². The third-order valence-electron chi connectivity index (χ3n) is 3.79. The highest BCUT2D eigenvalue weighted by Gasteiger charge is 2.20. The van der Waals surface area contributed by atoms with Crippen LogP contribution in [0.15, 0.2) is 48.5 Å². The molecule has 1 aliphatic rings. The average molecular weight is 325 g/mol. The molecule has 0 aromatic heterocycles. The SMILES string of the molecule is COCc1cccc(C(=O)Nc2ccc(N3CCNC3=O)cc2)c1. The Morgan fingerprint density at radius 2 is 2.04 bits per heavy atom. The molecule has 0 saturated carbocycles. The lowest BCUT2D eigenvalue weighted by Crippen LogP contribution is -2.27. The van der Waals surface area contributed by atoms with E-state index in [0.29, 0.717) is 30.9 Å². The number of anilines is 2. The van der Waals surface area contributed by atoms with Crippen molar-refractivity contribution in [1.29, 1.82) is 0 Å². The molecule has 1 aliphatic heterocycles. The smallest absolute Gasteiger partial charge is 0.321 e. The molecule has 6 heteroatoms. The van der Waals surface area contributed by atoms with Gasteiger partial charge in [-0.3, -0.25) is 9.69 Å². The lowest BCUT2D eigenvalue weighted by Gasteiger charge is -2.14. The first kappa shape index (κ1) is 16.0. The Hall–Kier alpha value is -2.86. The van der Waals surface area contributed by atoms with E-state index < -0.39 is 0 Å². The van der Waals surface area contributed by atoms with E-state index >= 15 is 0 Å². The van der Waals surface area contributed by atoms with Gasteiger partial charge in [0.15, 0.2) is 0 Å². The number of benzene rings is 2. The minimum Gasteiger partial charge on any atom is -0.380 e. The number of carbonyl (C=O) groups excluding carboxylic acids is 2. The molecule has 24 heavy (non-hydrogen) atoms. The number of nitrogens with zero attached hydrogens (tertiary/aromatic N) is 1. The van der Waals surface area contributed by atoms with Crippen molar-refractivity contribution in [3.05, 3.63) is 59.7 Å². The van der Waals surface area contributed by atoms with Crippen molar-refractivity contribution in [2.24, 2.45) is 0 Å². The molecule has 3 rings (SSSR count). The summed E-state index contributed by atoms with van der Waals surface area (Å²) in [7, 11) is 1.62. The molecule has 2 aromatic rings. The van der Waals surface area contributed by atoms with Gasteiger partial charge in [-0.05, 0) is 42.0 Å². The Morgan fingerprint density at radius 1 is 1.25 bits per heavy atom. The van der Waals surface area contributed by atoms with E-state index in [1.54, 1.807) is 30.2 Å². The number of ether oxygens (including phenoxy) is 1. The van der Waals surface area contributed by atoms with Gasteiger partial charge in [-0.1, -0.05) is 12.1 Å². The van der Waals surface area contributed by atoms with E-state index in [4.69, 9.17) is 4.74 Å². The van der Waals surface area contributed by atoms with Crippen LogP contribution >= 0.6 is 0 Å². The maximum atomic E-state index is 12.3. The number of amides is 3. The van der Waals surface area contributed by atoms with Gasteiger partial charge in [0.2, 0.25) is 0 Å². The highest BCUT2D eigenvalue weighted by Crippen LogP contribution is 2.20. The van der Waals surface area contributed by atoms with Gasteiger partial charge in [0.1, 0.15) is 0 Å². The monoisotopic (exact) mass is 325 g/mol. The zero-order valence-corrected chi connectivity index (χ0v) is 13.4.